The number of hydrogen-bond acceptors (Lipinski definition) is 4. The van der Waals surface area contributed by atoms with Crippen LogP contribution in [0.15, 0.2) is 18.2 Å². The lowest BCUT2D eigenvalue weighted by molar-refractivity contribution is 0.598. The van der Waals surface area contributed by atoms with Crippen LogP contribution >= 0.6 is 0 Å². The topological polar surface area (TPSA) is 63.4 Å². The zero-order valence-electron chi connectivity index (χ0n) is 11.6. The van der Waals surface area contributed by atoms with Crippen molar-refractivity contribution in [1.82, 2.24) is 0 Å². The maximum absolute atomic E-state index is 11.3. The SMILES string of the molecule is CC(N)c1ccc2c(c1)CCCN2CCS(C)(=O)=O. The van der Waals surface area contributed by atoms with E-state index in [1.807, 2.05) is 13.0 Å². The van der Waals surface area contributed by atoms with Crippen LogP contribution in [0.4, 0.5) is 5.69 Å². The van der Waals surface area contributed by atoms with Crippen LogP contribution in [0.3, 0.4) is 0 Å². The number of rotatable bonds is 4. The van der Waals surface area contributed by atoms with Crippen LogP contribution in [-0.4, -0.2) is 33.5 Å². The Morgan fingerprint density at radius 3 is 2.79 bits per heavy atom. The molecule has 5 heteroatoms. The molecule has 0 aromatic heterocycles. The fraction of sp³-hybridized carbons (Fsp3) is 0.571. The second-order valence-corrected chi connectivity index (χ2v) is 7.66. The van der Waals surface area contributed by atoms with Crippen molar-refractivity contribution >= 4 is 15.5 Å². The van der Waals surface area contributed by atoms with Crippen molar-refractivity contribution in [2.75, 3.05) is 30.0 Å². The van der Waals surface area contributed by atoms with Crippen LogP contribution in [-0.2, 0) is 16.3 Å². The zero-order valence-corrected chi connectivity index (χ0v) is 12.4. The first kappa shape index (κ1) is 14.3. The molecule has 1 aromatic rings. The predicted octanol–water partition coefficient (Wildman–Crippen LogP) is 1.50. The molecule has 1 aromatic carbocycles. The standard InChI is InChI=1S/C14H22N2O2S/c1-11(15)12-5-6-14-13(10-12)4-3-7-16(14)8-9-19(2,17)18/h5-6,10-11H,3-4,7-9,15H2,1-2H3. The molecule has 1 heterocycles. The van der Waals surface area contributed by atoms with Crippen molar-refractivity contribution in [2.24, 2.45) is 5.73 Å². The van der Waals surface area contributed by atoms with E-state index in [1.165, 1.54) is 17.5 Å². The lowest BCUT2D eigenvalue weighted by atomic mass is 9.97. The van der Waals surface area contributed by atoms with Gasteiger partial charge in [-0.3, -0.25) is 0 Å². The lowest BCUT2D eigenvalue weighted by Gasteiger charge is -2.31. The Morgan fingerprint density at radius 2 is 2.16 bits per heavy atom. The molecule has 1 aliphatic heterocycles. The maximum Gasteiger partial charge on any atom is 0.149 e. The molecule has 0 amide bonds. The van der Waals surface area contributed by atoms with Gasteiger partial charge in [-0.25, -0.2) is 8.42 Å². The highest BCUT2D eigenvalue weighted by Crippen LogP contribution is 2.29. The van der Waals surface area contributed by atoms with Gasteiger partial charge in [-0.2, -0.15) is 0 Å². The van der Waals surface area contributed by atoms with Gasteiger partial charge in [-0.1, -0.05) is 12.1 Å². The zero-order chi connectivity index (χ0) is 14.0. The van der Waals surface area contributed by atoms with E-state index >= 15 is 0 Å². The van der Waals surface area contributed by atoms with Crippen LogP contribution in [0, 0.1) is 0 Å². The van der Waals surface area contributed by atoms with E-state index in [4.69, 9.17) is 5.73 Å². The van der Waals surface area contributed by atoms with Crippen molar-refractivity contribution < 1.29 is 8.42 Å². The molecular formula is C14H22N2O2S. The molecule has 0 radical (unpaired) electrons. The van der Waals surface area contributed by atoms with Gasteiger partial charge in [0.1, 0.15) is 9.84 Å². The number of fused-ring (bicyclic) bond motifs is 1. The number of hydrogen-bond donors (Lipinski definition) is 1. The molecule has 2 rings (SSSR count). The monoisotopic (exact) mass is 282 g/mol. The third-order valence-corrected chi connectivity index (χ3v) is 4.50. The van der Waals surface area contributed by atoms with Crippen LogP contribution in [0.2, 0.25) is 0 Å². The Kier molecular flexibility index (Phi) is 4.16. The van der Waals surface area contributed by atoms with Gasteiger partial charge in [-0.05, 0) is 37.0 Å². The number of benzene rings is 1. The Labute approximate surface area is 115 Å². The number of nitrogens with two attached hydrogens (primary N) is 1. The summed E-state index contributed by atoms with van der Waals surface area (Å²) >= 11 is 0. The van der Waals surface area contributed by atoms with E-state index in [1.54, 1.807) is 0 Å². The molecule has 1 atom stereocenters. The summed E-state index contributed by atoms with van der Waals surface area (Å²) in [4.78, 5) is 2.17. The minimum Gasteiger partial charge on any atom is -0.370 e. The lowest BCUT2D eigenvalue weighted by Crippen LogP contribution is -2.33. The normalized spacial score (nSPS) is 17.1. The molecule has 1 unspecified atom stereocenters. The summed E-state index contributed by atoms with van der Waals surface area (Å²) in [5.74, 6) is 0.210. The molecule has 0 saturated heterocycles. The average Bonchev–Trinajstić information content (AvgIpc) is 2.34. The van der Waals surface area contributed by atoms with Gasteiger partial charge in [0.2, 0.25) is 0 Å². The summed E-state index contributed by atoms with van der Waals surface area (Å²) in [6.07, 6.45) is 3.40. The Bertz CT molecular complexity index is 553. The minimum atomic E-state index is -2.91. The van der Waals surface area contributed by atoms with Crippen molar-refractivity contribution in [3.05, 3.63) is 29.3 Å². The molecule has 19 heavy (non-hydrogen) atoms. The molecule has 0 spiro atoms. The van der Waals surface area contributed by atoms with Crippen molar-refractivity contribution in [2.45, 2.75) is 25.8 Å². The molecule has 0 aliphatic carbocycles. The average molecular weight is 282 g/mol. The fourth-order valence-corrected chi connectivity index (χ4v) is 3.04. The third-order valence-electron chi connectivity index (χ3n) is 3.58. The van der Waals surface area contributed by atoms with E-state index in [9.17, 15) is 8.42 Å². The molecule has 0 saturated carbocycles. The summed E-state index contributed by atoms with van der Waals surface area (Å²) in [6.45, 7) is 3.48. The van der Waals surface area contributed by atoms with Gasteiger partial charge in [-0.15, -0.1) is 0 Å². The highest BCUT2D eigenvalue weighted by molar-refractivity contribution is 7.90. The summed E-state index contributed by atoms with van der Waals surface area (Å²) < 4.78 is 22.6. The smallest absolute Gasteiger partial charge is 0.149 e. The molecule has 2 N–H and O–H groups in total. The van der Waals surface area contributed by atoms with Gasteiger partial charge in [0.05, 0.1) is 5.75 Å². The summed E-state index contributed by atoms with van der Waals surface area (Å²) in [5.41, 5.74) is 9.50. The highest BCUT2D eigenvalue weighted by Gasteiger charge is 2.18. The van der Waals surface area contributed by atoms with Crippen LogP contribution < -0.4 is 10.6 Å². The molecule has 0 fully saturated rings. The van der Waals surface area contributed by atoms with Gasteiger partial charge >= 0.3 is 0 Å². The molecule has 0 bridgehead atoms. The summed E-state index contributed by atoms with van der Waals surface area (Å²) in [6, 6.07) is 6.32. The van der Waals surface area contributed by atoms with Crippen molar-refractivity contribution in [3.8, 4) is 0 Å². The van der Waals surface area contributed by atoms with Gasteiger partial charge in [0, 0.05) is 31.1 Å². The summed E-state index contributed by atoms with van der Waals surface area (Å²) in [5, 5.41) is 0. The van der Waals surface area contributed by atoms with Crippen LogP contribution in [0.1, 0.15) is 30.5 Å². The Hall–Kier alpha value is -1.07. The third kappa shape index (κ3) is 3.70. The van der Waals surface area contributed by atoms with E-state index in [-0.39, 0.29) is 11.8 Å². The second-order valence-electron chi connectivity index (χ2n) is 5.40. The molecule has 106 valence electrons. The molecular weight excluding hydrogens is 260 g/mol. The number of nitrogens with zero attached hydrogens (tertiary/aromatic N) is 1. The van der Waals surface area contributed by atoms with E-state index in [2.05, 4.69) is 17.0 Å². The number of aryl methyl sites for hydroxylation is 1. The van der Waals surface area contributed by atoms with E-state index in [0.717, 1.165) is 24.9 Å². The van der Waals surface area contributed by atoms with Gasteiger partial charge in [0.15, 0.2) is 0 Å². The van der Waals surface area contributed by atoms with Gasteiger partial charge < -0.3 is 10.6 Å². The van der Waals surface area contributed by atoms with Crippen LogP contribution in [0.25, 0.3) is 0 Å². The van der Waals surface area contributed by atoms with Crippen LogP contribution in [0.5, 0.6) is 0 Å². The number of anilines is 1. The minimum absolute atomic E-state index is 0.0386. The first-order valence-electron chi connectivity index (χ1n) is 6.68. The van der Waals surface area contributed by atoms with E-state index < -0.39 is 9.84 Å². The second kappa shape index (κ2) is 5.51. The molecule has 1 aliphatic rings. The highest BCUT2D eigenvalue weighted by atomic mass is 32.2. The van der Waals surface area contributed by atoms with Crippen molar-refractivity contribution in [3.63, 3.8) is 0 Å². The molecule has 4 nitrogen and oxygen atoms in total. The van der Waals surface area contributed by atoms with E-state index in [0.29, 0.717) is 6.54 Å². The predicted molar refractivity (Wildman–Crippen MR) is 79.3 cm³/mol. The fourth-order valence-electron chi connectivity index (χ4n) is 2.49. The quantitative estimate of drug-likeness (QED) is 0.909. The number of sulfone groups is 1. The largest absolute Gasteiger partial charge is 0.370 e. The Morgan fingerprint density at radius 1 is 1.42 bits per heavy atom. The Balaban J connectivity index is 2.20. The van der Waals surface area contributed by atoms with Gasteiger partial charge in [0.25, 0.3) is 0 Å². The van der Waals surface area contributed by atoms with Crippen molar-refractivity contribution in [1.29, 1.82) is 0 Å². The summed E-state index contributed by atoms with van der Waals surface area (Å²) in [7, 11) is -2.91. The first-order chi connectivity index (χ1) is 8.87. The first-order valence-corrected chi connectivity index (χ1v) is 8.74. The maximum atomic E-state index is 11.3.